The molecule has 0 aromatic carbocycles. The molecule has 0 spiro atoms. The summed E-state index contributed by atoms with van der Waals surface area (Å²) in [7, 11) is 0.255. The molecule has 2 atom stereocenters. The van der Waals surface area contributed by atoms with Gasteiger partial charge in [0.2, 0.25) is 10.0 Å². The van der Waals surface area contributed by atoms with Crippen molar-refractivity contribution in [1.29, 1.82) is 0 Å². The van der Waals surface area contributed by atoms with Gasteiger partial charge in [0.15, 0.2) is 0 Å². The smallest absolute Gasteiger partial charge is 0.242 e. The number of hydrogen-bond acceptors (Lipinski definition) is 3. The molecular formula is C13H25N3O2S. The summed E-state index contributed by atoms with van der Waals surface area (Å²) in [4.78, 5) is 0.329. The summed E-state index contributed by atoms with van der Waals surface area (Å²) < 4.78 is 29.2. The van der Waals surface area contributed by atoms with E-state index in [0.717, 1.165) is 12.1 Å². The molecule has 0 fully saturated rings. The van der Waals surface area contributed by atoms with Crippen LogP contribution in [0.3, 0.4) is 0 Å². The normalized spacial score (nSPS) is 15.4. The Morgan fingerprint density at radius 1 is 1.37 bits per heavy atom. The lowest BCUT2D eigenvalue weighted by Crippen LogP contribution is -2.36. The minimum Gasteiger partial charge on any atom is -0.352 e. The van der Waals surface area contributed by atoms with Crippen molar-refractivity contribution in [2.24, 2.45) is 13.0 Å². The number of rotatable bonds is 7. The number of hydrogen-bond donors (Lipinski definition) is 2. The minimum atomic E-state index is -3.43. The number of aromatic nitrogens is 1. The molecule has 1 rings (SSSR count). The molecule has 110 valence electrons. The lowest BCUT2D eigenvalue weighted by atomic mass is 10.0. The van der Waals surface area contributed by atoms with Gasteiger partial charge in [0.1, 0.15) is 0 Å². The maximum Gasteiger partial charge on any atom is 0.242 e. The summed E-state index contributed by atoms with van der Waals surface area (Å²) in [6, 6.07) is 1.64. The van der Waals surface area contributed by atoms with E-state index >= 15 is 0 Å². The summed E-state index contributed by atoms with van der Waals surface area (Å²) >= 11 is 0. The highest BCUT2D eigenvalue weighted by Crippen LogP contribution is 2.16. The second-order valence-electron chi connectivity index (χ2n) is 5.10. The van der Waals surface area contributed by atoms with Gasteiger partial charge < -0.3 is 9.88 Å². The molecule has 0 bridgehead atoms. The zero-order valence-electron chi connectivity index (χ0n) is 12.4. The third-order valence-electron chi connectivity index (χ3n) is 3.59. The second kappa shape index (κ2) is 6.54. The first-order chi connectivity index (χ1) is 8.81. The molecule has 0 radical (unpaired) electrons. The van der Waals surface area contributed by atoms with Gasteiger partial charge in [-0.3, -0.25) is 0 Å². The summed E-state index contributed by atoms with van der Waals surface area (Å²) in [6.07, 6.45) is 2.60. The Morgan fingerprint density at radius 3 is 2.53 bits per heavy atom. The van der Waals surface area contributed by atoms with E-state index in [9.17, 15) is 8.42 Å². The van der Waals surface area contributed by atoms with E-state index in [1.807, 2.05) is 32.5 Å². The first-order valence-electron chi connectivity index (χ1n) is 6.64. The molecule has 0 amide bonds. The lowest BCUT2D eigenvalue weighted by Gasteiger charge is -2.19. The molecular weight excluding hydrogens is 262 g/mol. The molecule has 1 aromatic heterocycles. The van der Waals surface area contributed by atoms with Gasteiger partial charge in [-0.05, 0) is 26.0 Å². The van der Waals surface area contributed by atoms with Crippen LogP contribution in [0.25, 0.3) is 0 Å². The van der Waals surface area contributed by atoms with Crippen LogP contribution in [-0.2, 0) is 23.6 Å². The fraction of sp³-hybridized carbons (Fsp3) is 0.692. The Hall–Kier alpha value is -0.850. The average molecular weight is 287 g/mol. The van der Waals surface area contributed by atoms with Crippen molar-refractivity contribution in [1.82, 2.24) is 14.6 Å². The Morgan fingerprint density at radius 2 is 2.00 bits per heavy atom. The summed E-state index contributed by atoms with van der Waals surface area (Å²) in [6.45, 7) is 6.66. The first-order valence-corrected chi connectivity index (χ1v) is 8.12. The quantitative estimate of drug-likeness (QED) is 0.798. The van der Waals surface area contributed by atoms with Crippen molar-refractivity contribution >= 4 is 10.0 Å². The average Bonchev–Trinajstić information content (AvgIpc) is 2.71. The molecule has 0 saturated heterocycles. The number of aryl methyl sites for hydroxylation is 1. The topological polar surface area (TPSA) is 63.1 Å². The number of sulfonamides is 1. The van der Waals surface area contributed by atoms with Crippen LogP contribution >= 0.6 is 0 Å². The SMILES string of the molecule is CCC(C)C(C)NS(=O)(=O)c1cc(CNC)n(C)c1. The van der Waals surface area contributed by atoms with E-state index in [-0.39, 0.29) is 6.04 Å². The standard InChI is InChI=1S/C13H25N3O2S/c1-6-10(2)11(3)15-19(17,18)13-7-12(8-14-4)16(5)9-13/h7,9-11,14-15H,6,8H2,1-5H3. The van der Waals surface area contributed by atoms with E-state index in [0.29, 0.717) is 17.4 Å². The summed E-state index contributed by atoms with van der Waals surface area (Å²) in [5.41, 5.74) is 0.944. The van der Waals surface area contributed by atoms with Crippen LogP contribution in [0.2, 0.25) is 0 Å². The van der Waals surface area contributed by atoms with Crippen molar-refractivity contribution in [3.8, 4) is 0 Å². The van der Waals surface area contributed by atoms with Gasteiger partial charge in [0.25, 0.3) is 0 Å². The number of nitrogens with zero attached hydrogens (tertiary/aromatic N) is 1. The molecule has 1 heterocycles. The Labute approximate surface area is 116 Å². The minimum absolute atomic E-state index is 0.0667. The van der Waals surface area contributed by atoms with Crippen LogP contribution in [0.4, 0.5) is 0 Å². The van der Waals surface area contributed by atoms with Gasteiger partial charge in [0, 0.05) is 31.5 Å². The predicted octanol–water partition coefficient (Wildman–Crippen LogP) is 1.46. The molecule has 0 aliphatic heterocycles. The third-order valence-corrected chi connectivity index (χ3v) is 5.12. The van der Waals surface area contributed by atoms with Crippen LogP contribution < -0.4 is 10.0 Å². The monoisotopic (exact) mass is 287 g/mol. The van der Waals surface area contributed by atoms with Gasteiger partial charge in [0.05, 0.1) is 4.90 Å². The van der Waals surface area contributed by atoms with Crippen LogP contribution in [0.15, 0.2) is 17.2 Å². The maximum atomic E-state index is 12.3. The zero-order chi connectivity index (χ0) is 14.6. The highest BCUT2D eigenvalue weighted by Gasteiger charge is 2.22. The first kappa shape index (κ1) is 16.2. The molecule has 0 saturated carbocycles. The van der Waals surface area contributed by atoms with Crippen molar-refractivity contribution < 1.29 is 8.42 Å². The molecule has 2 N–H and O–H groups in total. The van der Waals surface area contributed by atoms with Gasteiger partial charge in [-0.1, -0.05) is 20.3 Å². The van der Waals surface area contributed by atoms with Crippen molar-refractivity contribution in [3.63, 3.8) is 0 Å². The molecule has 2 unspecified atom stereocenters. The lowest BCUT2D eigenvalue weighted by molar-refractivity contribution is 0.434. The van der Waals surface area contributed by atoms with Crippen molar-refractivity contribution in [3.05, 3.63) is 18.0 Å². The highest BCUT2D eigenvalue weighted by atomic mass is 32.2. The molecule has 1 aromatic rings. The third kappa shape index (κ3) is 4.06. The fourth-order valence-corrected chi connectivity index (χ4v) is 3.31. The summed E-state index contributed by atoms with van der Waals surface area (Å²) in [5.74, 6) is 0.315. The zero-order valence-corrected chi connectivity index (χ0v) is 13.2. The largest absolute Gasteiger partial charge is 0.352 e. The van der Waals surface area contributed by atoms with E-state index in [4.69, 9.17) is 0 Å². The molecule has 19 heavy (non-hydrogen) atoms. The van der Waals surface area contributed by atoms with Gasteiger partial charge in [-0.25, -0.2) is 13.1 Å². The van der Waals surface area contributed by atoms with Crippen LogP contribution in [0.1, 0.15) is 32.9 Å². The molecule has 0 aliphatic carbocycles. The maximum absolute atomic E-state index is 12.3. The van der Waals surface area contributed by atoms with Gasteiger partial charge in [-0.15, -0.1) is 0 Å². The van der Waals surface area contributed by atoms with Crippen LogP contribution in [0.5, 0.6) is 0 Å². The molecule has 6 heteroatoms. The fourth-order valence-electron chi connectivity index (χ4n) is 1.86. The van der Waals surface area contributed by atoms with E-state index < -0.39 is 10.0 Å². The Bertz CT molecular complexity index is 508. The van der Waals surface area contributed by atoms with E-state index in [1.54, 1.807) is 12.3 Å². The molecule has 5 nitrogen and oxygen atoms in total. The Balaban J connectivity index is 2.91. The highest BCUT2D eigenvalue weighted by molar-refractivity contribution is 7.89. The number of nitrogens with one attached hydrogen (secondary N) is 2. The van der Waals surface area contributed by atoms with Crippen molar-refractivity contribution in [2.75, 3.05) is 7.05 Å². The van der Waals surface area contributed by atoms with Gasteiger partial charge >= 0.3 is 0 Å². The van der Waals surface area contributed by atoms with Gasteiger partial charge in [-0.2, -0.15) is 0 Å². The van der Waals surface area contributed by atoms with Crippen LogP contribution in [-0.4, -0.2) is 26.1 Å². The van der Waals surface area contributed by atoms with Crippen LogP contribution in [0, 0.1) is 5.92 Å². The Kier molecular flexibility index (Phi) is 5.58. The van der Waals surface area contributed by atoms with E-state index in [2.05, 4.69) is 17.0 Å². The van der Waals surface area contributed by atoms with Crippen molar-refractivity contribution in [2.45, 2.75) is 44.7 Å². The second-order valence-corrected chi connectivity index (χ2v) is 6.82. The predicted molar refractivity (Wildman–Crippen MR) is 77.4 cm³/mol. The van der Waals surface area contributed by atoms with E-state index in [1.165, 1.54) is 0 Å². The summed E-state index contributed by atoms with van der Waals surface area (Å²) in [5, 5.41) is 3.02. The molecule has 0 aliphatic rings.